The van der Waals surface area contributed by atoms with E-state index in [9.17, 15) is 9.59 Å². The van der Waals surface area contributed by atoms with Crippen molar-refractivity contribution < 1.29 is 19.1 Å². The van der Waals surface area contributed by atoms with Gasteiger partial charge in [-0.1, -0.05) is 38.5 Å². The molecular formula is C24H25BrN4O4. The molecule has 0 spiro atoms. The molecule has 0 bridgehead atoms. The molecule has 0 saturated carbocycles. The molecule has 2 aromatic carbocycles. The van der Waals surface area contributed by atoms with Crippen molar-refractivity contribution >= 4 is 34.0 Å². The Hall–Kier alpha value is -3.46. The van der Waals surface area contributed by atoms with Gasteiger partial charge in [0.25, 0.3) is 5.91 Å². The molecule has 0 aliphatic carbocycles. The maximum Gasteiger partial charge on any atom is 0.343 e. The molecule has 1 amide bonds. The van der Waals surface area contributed by atoms with Crippen molar-refractivity contribution in [2.24, 2.45) is 5.10 Å². The Kier molecular flexibility index (Phi) is 7.33. The lowest BCUT2D eigenvalue weighted by molar-refractivity contribution is 0.0728. The van der Waals surface area contributed by atoms with E-state index in [0.29, 0.717) is 21.3 Å². The molecule has 9 heteroatoms. The summed E-state index contributed by atoms with van der Waals surface area (Å²) in [7, 11) is 1.47. The largest absolute Gasteiger partial charge is 0.493 e. The van der Waals surface area contributed by atoms with E-state index in [-0.39, 0.29) is 16.9 Å². The highest BCUT2D eigenvalue weighted by molar-refractivity contribution is 9.10. The first-order chi connectivity index (χ1) is 15.6. The summed E-state index contributed by atoms with van der Waals surface area (Å²) in [6, 6.07) is 12.1. The van der Waals surface area contributed by atoms with E-state index < -0.39 is 11.9 Å². The zero-order valence-corrected chi connectivity index (χ0v) is 20.6. The van der Waals surface area contributed by atoms with Crippen LogP contribution < -0.4 is 14.9 Å². The van der Waals surface area contributed by atoms with Gasteiger partial charge < -0.3 is 9.47 Å². The molecule has 0 aliphatic heterocycles. The molecular weight excluding hydrogens is 488 g/mol. The number of H-pyrrole nitrogens is 1. The second-order valence-electron chi connectivity index (χ2n) is 8.41. The second kappa shape index (κ2) is 9.99. The number of halogens is 1. The number of aromatic nitrogens is 2. The highest BCUT2D eigenvalue weighted by Gasteiger charge is 2.19. The van der Waals surface area contributed by atoms with E-state index in [1.54, 1.807) is 30.3 Å². The van der Waals surface area contributed by atoms with Gasteiger partial charge in [0.15, 0.2) is 17.2 Å². The summed E-state index contributed by atoms with van der Waals surface area (Å²) in [4.78, 5) is 24.8. The summed E-state index contributed by atoms with van der Waals surface area (Å²) < 4.78 is 11.4. The van der Waals surface area contributed by atoms with Crippen molar-refractivity contribution in [1.29, 1.82) is 0 Å². The molecule has 0 aliphatic rings. The van der Waals surface area contributed by atoms with Gasteiger partial charge in [-0.3, -0.25) is 9.89 Å². The van der Waals surface area contributed by atoms with E-state index in [0.717, 1.165) is 11.3 Å². The van der Waals surface area contributed by atoms with Gasteiger partial charge in [-0.15, -0.1) is 0 Å². The maximum absolute atomic E-state index is 12.5. The van der Waals surface area contributed by atoms with Gasteiger partial charge >= 0.3 is 5.97 Å². The first-order valence-corrected chi connectivity index (χ1v) is 10.9. The molecule has 3 rings (SSSR count). The monoisotopic (exact) mass is 512 g/mol. The predicted molar refractivity (Wildman–Crippen MR) is 129 cm³/mol. The van der Waals surface area contributed by atoms with Crippen molar-refractivity contribution in [2.45, 2.75) is 33.1 Å². The van der Waals surface area contributed by atoms with Crippen LogP contribution in [0.25, 0.3) is 0 Å². The number of carbonyl (C=O) groups is 2. The van der Waals surface area contributed by atoms with Crippen LogP contribution in [0, 0.1) is 6.92 Å². The third kappa shape index (κ3) is 6.07. The van der Waals surface area contributed by atoms with Gasteiger partial charge in [0.1, 0.15) is 0 Å². The van der Waals surface area contributed by atoms with Crippen LogP contribution in [-0.2, 0) is 5.41 Å². The molecule has 33 heavy (non-hydrogen) atoms. The summed E-state index contributed by atoms with van der Waals surface area (Å²) in [5.74, 6) is -0.362. The SMILES string of the molecule is COc1cc(/C=N\NC(=O)c2cc(C(C)(C)C)[nH]n2)cc(Br)c1OC(=O)c1ccc(C)cc1. The lowest BCUT2D eigenvalue weighted by atomic mass is 9.92. The molecule has 0 unspecified atom stereocenters. The number of benzene rings is 2. The van der Waals surface area contributed by atoms with Crippen molar-refractivity contribution in [2.75, 3.05) is 7.11 Å². The Morgan fingerprint density at radius 1 is 1.15 bits per heavy atom. The lowest BCUT2D eigenvalue weighted by Gasteiger charge is -2.14. The Morgan fingerprint density at radius 2 is 1.85 bits per heavy atom. The number of methoxy groups -OCH3 is 1. The number of nitrogens with zero attached hydrogens (tertiary/aromatic N) is 2. The van der Waals surface area contributed by atoms with Crippen molar-refractivity contribution in [3.8, 4) is 11.5 Å². The quantitative estimate of drug-likeness (QED) is 0.214. The molecule has 0 radical (unpaired) electrons. The number of amides is 1. The number of rotatable bonds is 6. The molecule has 8 nitrogen and oxygen atoms in total. The van der Waals surface area contributed by atoms with E-state index >= 15 is 0 Å². The van der Waals surface area contributed by atoms with Gasteiger partial charge in [-0.05, 0) is 58.7 Å². The zero-order chi connectivity index (χ0) is 24.2. The number of carbonyl (C=O) groups excluding carboxylic acids is 2. The molecule has 0 fully saturated rings. The van der Waals surface area contributed by atoms with Crippen molar-refractivity contribution in [3.05, 3.63) is 75.0 Å². The van der Waals surface area contributed by atoms with Gasteiger partial charge in [-0.2, -0.15) is 10.2 Å². The second-order valence-corrected chi connectivity index (χ2v) is 9.26. The van der Waals surface area contributed by atoms with Crippen LogP contribution in [0.15, 0.2) is 52.0 Å². The van der Waals surface area contributed by atoms with Gasteiger partial charge in [-0.25, -0.2) is 10.2 Å². The predicted octanol–water partition coefficient (Wildman–Crippen LogP) is 4.77. The summed E-state index contributed by atoms with van der Waals surface area (Å²) >= 11 is 3.41. The van der Waals surface area contributed by atoms with E-state index in [2.05, 4.69) is 36.7 Å². The first kappa shape index (κ1) is 24.2. The van der Waals surface area contributed by atoms with Crippen LogP contribution in [-0.4, -0.2) is 35.4 Å². The molecule has 3 aromatic rings. The summed E-state index contributed by atoms with van der Waals surface area (Å²) in [6.07, 6.45) is 1.45. The van der Waals surface area contributed by atoms with Gasteiger partial charge in [0.2, 0.25) is 0 Å². The minimum atomic E-state index is -0.503. The van der Waals surface area contributed by atoms with E-state index in [1.165, 1.54) is 13.3 Å². The number of ether oxygens (including phenoxy) is 2. The number of hydrazone groups is 1. The zero-order valence-electron chi connectivity index (χ0n) is 19.0. The van der Waals surface area contributed by atoms with Crippen LogP contribution in [0.3, 0.4) is 0 Å². The summed E-state index contributed by atoms with van der Waals surface area (Å²) in [5.41, 5.74) is 5.48. The highest BCUT2D eigenvalue weighted by Crippen LogP contribution is 2.37. The minimum Gasteiger partial charge on any atom is -0.493 e. The van der Waals surface area contributed by atoms with Crippen molar-refractivity contribution in [3.63, 3.8) is 0 Å². The number of aryl methyl sites for hydroxylation is 1. The molecule has 1 aromatic heterocycles. The van der Waals surface area contributed by atoms with Crippen LogP contribution in [0.1, 0.15) is 58.4 Å². The third-order valence-electron chi connectivity index (χ3n) is 4.73. The standard InChI is InChI=1S/C24H25BrN4O4/c1-14-6-8-16(9-7-14)23(31)33-21-17(25)10-15(11-19(21)32-5)13-26-29-22(30)18-12-20(28-27-18)24(2,3)4/h6-13H,1-5H3,(H,27,28)(H,29,30)/b26-13-. The topological polar surface area (TPSA) is 106 Å². The Bertz CT molecular complexity index is 1190. The number of esters is 1. The number of hydrogen-bond acceptors (Lipinski definition) is 6. The normalized spacial score (nSPS) is 11.5. The average molecular weight is 513 g/mol. The fourth-order valence-electron chi connectivity index (χ4n) is 2.80. The van der Waals surface area contributed by atoms with E-state index in [4.69, 9.17) is 9.47 Å². The van der Waals surface area contributed by atoms with Crippen LogP contribution in [0.5, 0.6) is 11.5 Å². The third-order valence-corrected chi connectivity index (χ3v) is 5.32. The van der Waals surface area contributed by atoms with Gasteiger partial charge in [0.05, 0.1) is 23.4 Å². The van der Waals surface area contributed by atoms with Crippen LogP contribution in [0.4, 0.5) is 0 Å². The highest BCUT2D eigenvalue weighted by atomic mass is 79.9. The Morgan fingerprint density at radius 3 is 2.45 bits per heavy atom. The number of hydrogen-bond donors (Lipinski definition) is 2. The van der Waals surface area contributed by atoms with E-state index in [1.807, 2.05) is 39.8 Å². The molecule has 172 valence electrons. The molecule has 2 N–H and O–H groups in total. The first-order valence-electron chi connectivity index (χ1n) is 10.1. The number of aromatic amines is 1. The fourth-order valence-corrected chi connectivity index (χ4v) is 3.34. The van der Waals surface area contributed by atoms with Gasteiger partial charge in [0, 0.05) is 11.1 Å². The fraction of sp³-hybridized carbons (Fsp3) is 0.250. The Balaban J connectivity index is 1.71. The van der Waals surface area contributed by atoms with Crippen LogP contribution in [0.2, 0.25) is 0 Å². The van der Waals surface area contributed by atoms with Crippen LogP contribution >= 0.6 is 15.9 Å². The number of nitrogens with one attached hydrogen (secondary N) is 2. The van der Waals surface area contributed by atoms with Crippen molar-refractivity contribution in [1.82, 2.24) is 15.6 Å². The minimum absolute atomic E-state index is 0.151. The molecule has 1 heterocycles. The maximum atomic E-state index is 12.5. The molecule has 0 atom stereocenters. The smallest absolute Gasteiger partial charge is 0.343 e. The summed E-state index contributed by atoms with van der Waals surface area (Å²) in [6.45, 7) is 8.00. The Labute approximate surface area is 200 Å². The average Bonchev–Trinajstić information content (AvgIpc) is 3.27. The lowest BCUT2D eigenvalue weighted by Crippen LogP contribution is -2.18. The molecule has 0 saturated heterocycles. The summed E-state index contributed by atoms with van der Waals surface area (Å²) in [5, 5.41) is 10.9.